The number of nitrogens with one attached hydrogen (secondary N) is 2. The first-order chi connectivity index (χ1) is 12.1. The van der Waals surface area contributed by atoms with Crippen LogP contribution in [0.5, 0.6) is 0 Å². The van der Waals surface area contributed by atoms with Gasteiger partial charge in [0.05, 0.1) is 31.0 Å². The fourth-order valence-corrected chi connectivity index (χ4v) is 2.35. The molecule has 1 heterocycles. The van der Waals surface area contributed by atoms with Gasteiger partial charge in [-0.1, -0.05) is 12.1 Å². The Labute approximate surface area is 145 Å². The number of amides is 1. The van der Waals surface area contributed by atoms with Crippen molar-refractivity contribution in [1.29, 1.82) is 5.26 Å². The molecular formula is C17H20N4O4. The largest absolute Gasteiger partial charge is 0.481 e. The van der Waals surface area contributed by atoms with Gasteiger partial charge < -0.3 is 25.4 Å². The van der Waals surface area contributed by atoms with Crippen molar-refractivity contribution in [2.45, 2.75) is 6.42 Å². The second-order valence-corrected chi connectivity index (χ2v) is 5.33. The van der Waals surface area contributed by atoms with E-state index in [2.05, 4.69) is 15.5 Å². The Morgan fingerprint density at radius 2 is 2.04 bits per heavy atom. The summed E-state index contributed by atoms with van der Waals surface area (Å²) in [6.07, 6.45) is 1.13. The number of morpholine rings is 1. The van der Waals surface area contributed by atoms with Crippen LogP contribution in [0.15, 0.2) is 36.0 Å². The Morgan fingerprint density at radius 3 is 2.72 bits per heavy atom. The average molecular weight is 344 g/mol. The minimum Gasteiger partial charge on any atom is -0.481 e. The zero-order chi connectivity index (χ0) is 18.1. The van der Waals surface area contributed by atoms with Crippen LogP contribution in [0.3, 0.4) is 0 Å². The molecule has 0 aromatic heterocycles. The third-order valence-electron chi connectivity index (χ3n) is 3.62. The van der Waals surface area contributed by atoms with Gasteiger partial charge in [0.15, 0.2) is 0 Å². The second kappa shape index (κ2) is 9.30. The van der Waals surface area contributed by atoms with Crippen LogP contribution in [-0.2, 0) is 14.3 Å². The molecule has 0 atom stereocenters. The van der Waals surface area contributed by atoms with E-state index in [0.29, 0.717) is 13.2 Å². The number of hydrogen-bond donors (Lipinski definition) is 3. The van der Waals surface area contributed by atoms with Gasteiger partial charge >= 0.3 is 5.97 Å². The topological polar surface area (TPSA) is 115 Å². The summed E-state index contributed by atoms with van der Waals surface area (Å²) in [6, 6.07) is 9.41. The van der Waals surface area contributed by atoms with Crippen molar-refractivity contribution in [2.24, 2.45) is 0 Å². The summed E-state index contributed by atoms with van der Waals surface area (Å²) in [6.45, 7) is 2.81. The van der Waals surface area contributed by atoms with E-state index in [4.69, 9.17) is 15.1 Å². The Hall–Kier alpha value is -3.05. The number of rotatable bonds is 7. The van der Waals surface area contributed by atoms with E-state index in [1.807, 2.05) is 30.3 Å². The average Bonchev–Trinajstić information content (AvgIpc) is 2.63. The third kappa shape index (κ3) is 5.51. The molecule has 1 amide bonds. The first kappa shape index (κ1) is 18.3. The quantitative estimate of drug-likeness (QED) is 0.498. The van der Waals surface area contributed by atoms with Crippen LogP contribution in [0.1, 0.15) is 6.42 Å². The minimum absolute atomic E-state index is 0.0302. The summed E-state index contributed by atoms with van der Waals surface area (Å²) in [5.74, 6) is -1.62. The monoisotopic (exact) mass is 344 g/mol. The molecule has 1 aliphatic rings. The maximum absolute atomic E-state index is 11.9. The molecule has 1 fully saturated rings. The number of carbonyl (C=O) groups is 2. The highest BCUT2D eigenvalue weighted by Crippen LogP contribution is 2.26. The molecule has 1 saturated heterocycles. The summed E-state index contributed by atoms with van der Waals surface area (Å²) in [4.78, 5) is 24.5. The second-order valence-electron chi connectivity index (χ2n) is 5.33. The fraction of sp³-hybridized carbons (Fsp3) is 0.353. The fourth-order valence-electron chi connectivity index (χ4n) is 2.35. The van der Waals surface area contributed by atoms with Crippen molar-refractivity contribution >= 4 is 23.3 Å². The lowest BCUT2D eigenvalue weighted by Crippen LogP contribution is -2.36. The molecule has 2 rings (SSSR count). The van der Waals surface area contributed by atoms with E-state index in [0.717, 1.165) is 24.5 Å². The highest BCUT2D eigenvalue weighted by Gasteiger charge is 2.14. The Balaban J connectivity index is 2.04. The van der Waals surface area contributed by atoms with Crippen molar-refractivity contribution in [3.05, 3.63) is 36.0 Å². The number of aliphatic carboxylic acids is 1. The number of carboxylic acids is 1. The van der Waals surface area contributed by atoms with Crippen molar-refractivity contribution < 1.29 is 19.4 Å². The molecule has 0 bridgehead atoms. The van der Waals surface area contributed by atoms with Crippen molar-refractivity contribution in [2.75, 3.05) is 43.1 Å². The molecule has 3 N–H and O–H groups in total. The number of nitriles is 1. The van der Waals surface area contributed by atoms with Gasteiger partial charge in [0, 0.05) is 25.8 Å². The summed E-state index contributed by atoms with van der Waals surface area (Å²) < 4.78 is 5.35. The van der Waals surface area contributed by atoms with Crippen LogP contribution in [-0.4, -0.2) is 49.8 Å². The molecule has 1 aromatic carbocycles. The van der Waals surface area contributed by atoms with Gasteiger partial charge in [-0.2, -0.15) is 5.26 Å². The van der Waals surface area contributed by atoms with Crippen molar-refractivity contribution in [3.8, 4) is 6.07 Å². The van der Waals surface area contributed by atoms with Gasteiger partial charge in [-0.15, -0.1) is 0 Å². The number of benzene rings is 1. The SMILES string of the molecule is N#C/C(=C/Nc1ccccc1N1CCOCC1)C(=O)NCCC(=O)O. The molecule has 25 heavy (non-hydrogen) atoms. The molecule has 0 radical (unpaired) electrons. The standard InChI is InChI=1S/C17H20N4O4/c18-11-13(17(24)19-6-5-16(22)23)12-20-14-3-1-2-4-15(14)21-7-9-25-10-8-21/h1-4,12,20H,5-10H2,(H,19,24)(H,22,23)/b13-12-. The Bertz CT molecular complexity index is 690. The van der Waals surface area contributed by atoms with Crippen molar-refractivity contribution in [3.63, 3.8) is 0 Å². The van der Waals surface area contributed by atoms with Gasteiger partial charge in [0.1, 0.15) is 11.6 Å². The molecule has 8 nitrogen and oxygen atoms in total. The zero-order valence-electron chi connectivity index (χ0n) is 13.7. The molecule has 1 aromatic rings. The molecule has 0 aliphatic carbocycles. The van der Waals surface area contributed by atoms with Crippen LogP contribution >= 0.6 is 0 Å². The van der Waals surface area contributed by atoms with E-state index >= 15 is 0 Å². The predicted molar refractivity (Wildman–Crippen MR) is 92.1 cm³/mol. The van der Waals surface area contributed by atoms with E-state index in [1.165, 1.54) is 6.20 Å². The van der Waals surface area contributed by atoms with Gasteiger partial charge in [-0.3, -0.25) is 9.59 Å². The lowest BCUT2D eigenvalue weighted by atomic mass is 10.2. The van der Waals surface area contributed by atoms with Gasteiger partial charge in [-0.25, -0.2) is 0 Å². The van der Waals surface area contributed by atoms with Gasteiger partial charge in [0.25, 0.3) is 5.91 Å². The minimum atomic E-state index is -1.01. The highest BCUT2D eigenvalue weighted by atomic mass is 16.5. The molecule has 1 aliphatic heterocycles. The van der Waals surface area contributed by atoms with E-state index < -0.39 is 11.9 Å². The first-order valence-electron chi connectivity index (χ1n) is 7.90. The number of carboxylic acid groups (broad SMARTS) is 1. The summed E-state index contributed by atoms with van der Waals surface area (Å²) >= 11 is 0. The maximum Gasteiger partial charge on any atom is 0.305 e. The molecule has 0 unspecified atom stereocenters. The van der Waals surface area contributed by atoms with Gasteiger partial charge in [-0.05, 0) is 12.1 Å². The number of hydrogen-bond acceptors (Lipinski definition) is 6. The number of ether oxygens (including phenoxy) is 1. The van der Waals surface area contributed by atoms with E-state index in [-0.39, 0.29) is 18.5 Å². The number of anilines is 2. The number of nitrogens with zero attached hydrogens (tertiary/aromatic N) is 2. The third-order valence-corrected chi connectivity index (χ3v) is 3.62. The molecule has 8 heteroatoms. The Kier molecular flexibility index (Phi) is 6.80. The van der Waals surface area contributed by atoms with Crippen LogP contribution in [0, 0.1) is 11.3 Å². The maximum atomic E-state index is 11.9. The van der Waals surface area contributed by atoms with E-state index in [1.54, 1.807) is 0 Å². The zero-order valence-corrected chi connectivity index (χ0v) is 13.7. The Morgan fingerprint density at radius 1 is 1.32 bits per heavy atom. The first-order valence-corrected chi connectivity index (χ1v) is 7.90. The lowest BCUT2D eigenvalue weighted by molar-refractivity contribution is -0.136. The molecular weight excluding hydrogens is 324 g/mol. The normalized spacial score (nSPS) is 14.5. The molecule has 0 saturated carbocycles. The predicted octanol–water partition coefficient (Wildman–Crippen LogP) is 0.933. The molecule has 132 valence electrons. The lowest BCUT2D eigenvalue weighted by Gasteiger charge is -2.30. The summed E-state index contributed by atoms with van der Waals surface area (Å²) in [5.41, 5.74) is 1.61. The number of carbonyl (C=O) groups excluding carboxylic acids is 1. The smallest absolute Gasteiger partial charge is 0.305 e. The number of para-hydroxylation sites is 2. The van der Waals surface area contributed by atoms with Gasteiger partial charge in [0.2, 0.25) is 0 Å². The molecule has 0 spiro atoms. The van der Waals surface area contributed by atoms with Crippen LogP contribution in [0.25, 0.3) is 0 Å². The highest BCUT2D eigenvalue weighted by molar-refractivity contribution is 5.97. The summed E-state index contributed by atoms with van der Waals surface area (Å²) in [7, 11) is 0. The van der Waals surface area contributed by atoms with Crippen molar-refractivity contribution in [1.82, 2.24) is 5.32 Å². The van der Waals surface area contributed by atoms with Crippen LogP contribution in [0.2, 0.25) is 0 Å². The van der Waals surface area contributed by atoms with Crippen LogP contribution < -0.4 is 15.5 Å². The summed E-state index contributed by atoms with van der Waals surface area (Å²) in [5, 5.41) is 23.1. The van der Waals surface area contributed by atoms with Crippen LogP contribution in [0.4, 0.5) is 11.4 Å². The van der Waals surface area contributed by atoms with E-state index in [9.17, 15) is 9.59 Å².